The van der Waals surface area contributed by atoms with E-state index in [9.17, 15) is 4.79 Å². The Kier molecular flexibility index (Phi) is 5.00. The van der Waals surface area contributed by atoms with Crippen molar-refractivity contribution in [1.82, 2.24) is 20.1 Å². The molecule has 0 fully saturated rings. The summed E-state index contributed by atoms with van der Waals surface area (Å²) in [7, 11) is 0. The van der Waals surface area contributed by atoms with Gasteiger partial charge in [0.15, 0.2) is 5.82 Å². The minimum Gasteiger partial charge on any atom is -0.334 e. The first-order valence-corrected chi connectivity index (χ1v) is 8.22. The first kappa shape index (κ1) is 15.2. The predicted molar refractivity (Wildman–Crippen MR) is 90.3 cm³/mol. The number of urea groups is 1. The first-order chi connectivity index (χ1) is 11.3. The smallest absolute Gasteiger partial charge is 0.320 e. The molecule has 6 nitrogen and oxygen atoms in total. The van der Waals surface area contributed by atoms with E-state index in [0.717, 1.165) is 18.5 Å². The summed E-state index contributed by atoms with van der Waals surface area (Å²) in [5, 5.41) is 13.9. The molecule has 118 valence electrons. The van der Waals surface area contributed by atoms with Gasteiger partial charge in [0.05, 0.1) is 0 Å². The normalized spacial score (nSPS) is 10.4. The van der Waals surface area contributed by atoms with Gasteiger partial charge in [0.2, 0.25) is 0 Å². The van der Waals surface area contributed by atoms with Gasteiger partial charge in [0.25, 0.3) is 0 Å². The van der Waals surface area contributed by atoms with E-state index in [2.05, 4.69) is 20.7 Å². The van der Waals surface area contributed by atoms with Gasteiger partial charge in [-0.1, -0.05) is 0 Å². The van der Waals surface area contributed by atoms with Crippen molar-refractivity contribution < 1.29 is 4.79 Å². The van der Waals surface area contributed by atoms with E-state index in [0.29, 0.717) is 12.4 Å². The maximum Gasteiger partial charge on any atom is 0.320 e. The predicted octanol–water partition coefficient (Wildman–Crippen LogP) is 2.90. The van der Waals surface area contributed by atoms with Crippen molar-refractivity contribution in [1.29, 1.82) is 0 Å². The third kappa shape index (κ3) is 4.65. The summed E-state index contributed by atoms with van der Waals surface area (Å²) < 4.78 is 1.81. The fraction of sp³-hybridized carbons (Fsp3) is 0.188. The zero-order chi connectivity index (χ0) is 15.9. The van der Waals surface area contributed by atoms with Gasteiger partial charge < -0.3 is 5.32 Å². The monoisotopic (exact) mass is 327 g/mol. The van der Waals surface area contributed by atoms with Crippen molar-refractivity contribution >= 4 is 23.2 Å². The second kappa shape index (κ2) is 7.55. The van der Waals surface area contributed by atoms with Crippen LogP contribution in [-0.4, -0.2) is 20.8 Å². The summed E-state index contributed by atoms with van der Waals surface area (Å²) >= 11 is 1.61. The van der Waals surface area contributed by atoms with Crippen LogP contribution in [0.3, 0.4) is 0 Å². The molecule has 0 aliphatic rings. The van der Waals surface area contributed by atoms with Crippen molar-refractivity contribution in [2.75, 3.05) is 5.32 Å². The molecule has 2 amide bonds. The van der Waals surface area contributed by atoms with Crippen LogP contribution < -0.4 is 10.6 Å². The molecule has 0 atom stereocenters. The number of aryl methyl sites for hydroxylation is 2. The second-order valence-electron chi connectivity index (χ2n) is 5.01. The third-order valence-corrected chi connectivity index (χ3v) is 4.03. The van der Waals surface area contributed by atoms with Crippen LogP contribution in [0.1, 0.15) is 11.1 Å². The molecule has 0 bridgehead atoms. The number of nitrogens with one attached hydrogen (secondary N) is 2. The van der Waals surface area contributed by atoms with Gasteiger partial charge in [-0.25, -0.2) is 4.79 Å². The number of hydrogen-bond acceptors (Lipinski definition) is 4. The maximum absolute atomic E-state index is 11.8. The second-order valence-corrected chi connectivity index (χ2v) is 5.79. The number of carbonyl (C=O) groups excluding carboxylic acids is 1. The van der Waals surface area contributed by atoms with Gasteiger partial charge in [0, 0.05) is 37.7 Å². The number of carbonyl (C=O) groups is 1. The van der Waals surface area contributed by atoms with E-state index in [1.165, 1.54) is 5.56 Å². The molecule has 3 heterocycles. The van der Waals surface area contributed by atoms with Crippen LogP contribution >= 0.6 is 11.3 Å². The number of amides is 2. The summed E-state index contributed by atoms with van der Waals surface area (Å²) in [6, 6.07) is 7.49. The van der Waals surface area contributed by atoms with Crippen LogP contribution in [0.25, 0.3) is 0 Å². The van der Waals surface area contributed by atoms with E-state index < -0.39 is 0 Å². The summed E-state index contributed by atoms with van der Waals surface area (Å²) in [6.45, 7) is 1.26. The highest BCUT2D eigenvalue weighted by Gasteiger charge is 2.05. The number of hydrogen-bond donors (Lipinski definition) is 2. The number of anilines is 1. The maximum atomic E-state index is 11.8. The molecule has 2 N–H and O–H groups in total. The number of nitrogens with zero attached hydrogens (tertiary/aromatic N) is 3. The van der Waals surface area contributed by atoms with Gasteiger partial charge in [-0.3, -0.25) is 15.0 Å². The Morgan fingerprint density at radius 2 is 2.04 bits per heavy atom. The molecule has 0 radical (unpaired) electrons. The lowest BCUT2D eigenvalue weighted by Crippen LogP contribution is -2.28. The summed E-state index contributed by atoms with van der Waals surface area (Å²) in [6.07, 6.45) is 6.29. The minimum atomic E-state index is -0.254. The Balaban J connectivity index is 1.46. The molecule has 3 aromatic rings. The molecule has 23 heavy (non-hydrogen) atoms. The van der Waals surface area contributed by atoms with Gasteiger partial charge in [-0.15, -0.1) is 0 Å². The lowest BCUT2D eigenvalue weighted by atomic mass is 10.2. The molecule has 0 aliphatic heterocycles. The van der Waals surface area contributed by atoms with Crippen molar-refractivity contribution in [3.05, 3.63) is 64.7 Å². The van der Waals surface area contributed by atoms with Crippen LogP contribution in [0.15, 0.2) is 53.6 Å². The van der Waals surface area contributed by atoms with E-state index in [1.807, 2.05) is 39.8 Å². The van der Waals surface area contributed by atoms with Crippen LogP contribution in [0.2, 0.25) is 0 Å². The topological polar surface area (TPSA) is 71.8 Å². The Bertz CT molecular complexity index is 739. The first-order valence-electron chi connectivity index (χ1n) is 7.28. The number of thiophene rings is 1. The highest BCUT2D eigenvalue weighted by molar-refractivity contribution is 7.07. The molecule has 0 unspecified atom stereocenters. The zero-order valence-electron chi connectivity index (χ0n) is 12.5. The van der Waals surface area contributed by atoms with Crippen LogP contribution in [0.5, 0.6) is 0 Å². The standard InChI is InChI=1S/C16H17N5OS/c22-16(18-11-14-5-10-23-12-14)19-15-4-9-21(20-15)8-3-13-1-6-17-7-2-13/h1-2,4-7,9-10,12H,3,8,11H2,(H2,18,19,20,22). The van der Waals surface area contributed by atoms with E-state index in [-0.39, 0.29) is 6.03 Å². The minimum absolute atomic E-state index is 0.254. The van der Waals surface area contributed by atoms with Crippen LogP contribution in [0, 0.1) is 0 Å². The summed E-state index contributed by atoms with van der Waals surface area (Å²) in [5.74, 6) is 0.544. The zero-order valence-corrected chi connectivity index (χ0v) is 13.3. The molecule has 0 aliphatic carbocycles. The molecule has 3 rings (SSSR count). The van der Waals surface area contributed by atoms with Crippen molar-refractivity contribution in [2.24, 2.45) is 0 Å². The Morgan fingerprint density at radius 3 is 2.83 bits per heavy atom. The van der Waals surface area contributed by atoms with Gasteiger partial charge >= 0.3 is 6.03 Å². The van der Waals surface area contributed by atoms with Gasteiger partial charge in [-0.2, -0.15) is 16.4 Å². The van der Waals surface area contributed by atoms with E-state index >= 15 is 0 Å². The molecule has 0 saturated heterocycles. The van der Waals surface area contributed by atoms with E-state index in [4.69, 9.17) is 0 Å². The number of pyridine rings is 1. The summed E-state index contributed by atoms with van der Waals surface area (Å²) in [4.78, 5) is 15.8. The molecule has 0 aromatic carbocycles. The average molecular weight is 327 g/mol. The third-order valence-electron chi connectivity index (χ3n) is 3.29. The quantitative estimate of drug-likeness (QED) is 0.731. The van der Waals surface area contributed by atoms with Gasteiger partial charge in [-0.05, 0) is 46.5 Å². The highest BCUT2D eigenvalue weighted by Crippen LogP contribution is 2.07. The lowest BCUT2D eigenvalue weighted by molar-refractivity contribution is 0.251. The molecular weight excluding hydrogens is 310 g/mol. The molecular formula is C16H17N5OS. The number of rotatable bonds is 6. The van der Waals surface area contributed by atoms with E-state index in [1.54, 1.807) is 29.8 Å². The largest absolute Gasteiger partial charge is 0.334 e. The SMILES string of the molecule is O=C(NCc1ccsc1)Nc1ccn(CCc2ccncc2)n1. The Labute approximate surface area is 138 Å². The van der Waals surface area contributed by atoms with Crippen molar-refractivity contribution in [2.45, 2.75) is 19.5 Å². The van der Waals surface area contributed by atoms with Gasteiger partial charge in [0.1, 0.15) is 0 Å². The fourth-order valence-electron chi connectivity index (χ4n) is 2.08. The van der Waals surface area contributed by atoms with Crippen molar-refractivity contribution in [3.63, 3.8) is 0 Å². The molecule has 7 heteroatoms. The lowest BCUT2D eigenvalue weighted by Gasteiger charge is -2.04. The van der Waals surface area contributed by atoms with Crippen LogP contribution in [-0.2, 0) is 19.5 Å². The Morgan fingerprint density at radius 1 is 1.17 bits per heavy atom. The molecule has 3 aromatic heterocycles. The summed E-state index contributed by atoms with van der Waals surface area (Å²) in [5.41, 5.74) is 2.30. The highest BCUT2D eigenvalue weighted by atomic mass is 32.1. The number of aromatic nitrogens is 3. The Hall–Kier alpha value is -2.67. The van der Waals surface area contributed by atoms with Crippen LogP contribution in [0.4, 0.5) is 10.6 Å². The molecule has 0 spiro atoms. The fourth-order valence-corrected chi connectivity index (χ4v) is 2.75. The molecule has 0 saturated carbocycles. The average Bonchev–Trinajstić information content (AvgIpc) is 3.24. The van der Waals surface area contributed by atoms with Crippen molar-refractivity contribution in [3.8, 4) is 0 Å².